The average molecular weight is 267 g/mol. The third-order valence-corrected chi connectivity index (χ3v) is 3.17. The number of aliphatic hydroxyl groups excluding tert-OH is 1. The van der Waals surface area contributed by atoms with Gasteiger partial charge in [-0.3, -0.25) is 4.68 Å². The molecule has 2 unspecified atom stereocenters. The van der Waals surface area contributed by atoms with Gasteiger partial charge in [0.05, 0.1) is 11.8 Å². The third kappa shape index (κ3) is 5.33. The van der Waals surface area contributed by atoms with Gasteiger partial charge in [-0.05, 0) is 25.8 Å². The molecule has 0 bridgehead atoms. The predicted octanol–water partition coefficient (Wildman–Crippen LogP) is 2.21. The quantitative estimate of drug-likeness (QED) is 0.831. The summed E-state index contributed by atoms with van der Waals surface area (Å²) in [5.41, 5.74) is 2.49. The van der Waals surface area contributed by atoms with E-state index in [4.69, 9.17) is 0 Å². The summed E-state index contributed by atoms with van der Waals surface area (Å²) in [5, 5.41) is 17.4. The maximum atomic E-state index is 9.35. The van der Waals surface area contributed by atoms with Crippen molar-refractivity contribution in [3.8, 4) is 0 Å². The van der Waals surface area contributed by atoms with Gasteiger partial charge in [-0.1, -0.05) is 27.7 Å². The van der Waals surface area contributed by atoms with Crippen molar-refractivity contribution >= 4 is 0 Å². The van der Waals surface area contributed by atoms with Crippen LogP contribution in [0.25, 0.3) is 0 Å². The summed E-state index contributed by atoms with van der Waals surface area (Å²) in [7, 11) is 1.97. The molecule has 19 heavy (non-hydrogen) atoms. The van der Waals surface area contributed by atoms with Crippen molar-refractivity contribution in [2.75, 3.05) is 6.54 Å². The predicted molar refractivity (Wildman–Crippen MR) is 79.1 cm³/mol. The summed E-state index contributed by atoms with van der Waals surface area (Å²) >= 11 is 0. The molecule has 0 aliphatic carbocycles. The van der Waals surface area contributed by atoms with Gasteiger partial charge < -0.3 is 10.4 Å². The van der Waals surface area contributed by atoms with Crippen LogP contribution in [0.1, 0.15) is 52.3 Å². The number of aliphatic hydroxyl groups is 1. The van der Waals surface area contributed by atoms with Gasteiger partial charge in [-0.15, -0.1) is 0 Å². The number of hydrogen-bond acceptors (Lipinski definition) is 3. The Balaban J connectivity index is 2.54. The summed E-state index contributed by atoms with van der Waals surface area (Å²) in [6.45, 7) is 12.3. The summed E-state index contributed by atoms with van der Waals surface area (Å²) in [4.78, 5) is 0. The lowest BCUT2D eigenvalue weighted by Gasteiger charge is -2.18. The monoisotopic (exact) mass is 267 g/mol. The minimum absolute atomic E-state index is 0.0729. The van der Waals surface area contributed by atoms with E-state index in [-0.39, 0.29) is 11.5 Å². The Morgan fingerprint density at radius 2 is 2.00 bits per heavy atom. The van der Waals surface area contributed by atoms with Crippen LogP contribution in [0.4, 0.5) is 0 Å². The van der Waals surface area contributed by atoms with E-state index in [2.05, 4.69) is 44.3 Å². The molecule has 0 saturated carbocycles. The van der Waals surface area contributed by atoms with Crippen LogP contribution < -0.4 is 5.32 Å². The molecule has 110 valence electrons. The second kappa shape index (κ2) is 6.53. The number of hydrogen-bond donors (Lipinski definition) is 2. The fraction of sp³-hybridized carbons (Fsp3) is 0.800. The van der Waals surface area contributed by atoms with Crippen molar-refractivity contribution in [3.05, 3.63) is 17.5 Å². The average Bonchev–Trinajstić information content (AvgIpc) is 2.58. The zero-order valence-electron chi connectivity index (χ0n) is 13.2. The van der Waals surface area contributed by atoms with E-state index >= 15 is 0 Å². The van der Waals surface area contributed by atoms with Crippen LogP contribution in [0.15, 0.2) is 6.20 Å². The fourth-order valence-electron chi connectivity index (χ4n) is 2.42. The molecule has 1 aromatic heterocycles. The maximum Gasteiger partial charge on any atom is 0.0722 e. The molecule has 2 N–H and O–H groups in total. The molecule has 2 atom stereocenters. The smallest absolute Gasteiger partial charge is 0.0722 e. The molecule has 0 aliphatic heterocycles. The Kier molecular flexibility index (Phi) is 5.56. The van der Waals surface area contributed by atoms with Crippen LogP contribution in [0.3, 0.4) is 0 Å². The van der Waals surface area contributed by atoms with Gasteiger partial charge in [0.2, 0.25) is 0 Å². The van der Waals surface area contributed by atoms with Crippen LogP contribution in [0, 0.1) is 5.92 Å². The second-order valence-electron chi connectivity index (χ2n) is 6.75. The maximum absolute atomic E-state index is 9.35. The Hall–Kier alpha value is -0.870. The molecule has 0 aliphatic rings. The zero-order chi connectivity index (χ0) is 14.6. The molecule has 1 aromatic rings. The molecule has 4 nitrogen and oxygen atoms in total. The molecule has 0 spiro atoms. The van der Waals surface area contributed by atoms with E-state index in [9.17, 15) is 5.11 Å². The molecule has 1 heterocycles. The first-order valence-corrected chi connectivity index (χ1v) is 7.12. The van der Waals surface area contributed by atoms with Crippen LogP contribution >= 0.6 is 0 Å². The van der Waals surface area contributed by atoms with Gasteiger partial charge in [-0.25, -0.2) is 0 Å². The highest BCUT2D eigenvalue weighted by Gasteiger charge is 2.21. The first-order chi connectivity index (χ1) is 8.70. The van der Waals surface area contributed by atoms with Gasteiger partial charge >= 0.3 is 0 Å². The van der Waals surface area contributed by atoms with E-state index in [0.717, 1.165) is 25.2 Å². The molecule has 4 heteroatoms. The summed E-state index contributed by atoms with van der Waals surface area (Å²) in [6, 6.07) is 0. The molecule has 0 radical (unpaired) electrons. The number of nitrogens with zero attached hydrogens (tertiary/aromatic N) is 2. The van der Waals surface area contributed by atoms with Crippen molar-refractivity contribution in [3.63, 3.8) is 0 Å². The number of nitrogens with one attached hydrogen (secondary N) is 1. The Bertz CT molecular complexity index is 391. The number of rotatable bonds is 6. The van der Waals surface area contributed by atoms with E-state index in [1.807, 2.05) is 18.7 Å². The van der Waals surface area contributed by atoms with Crippen molar-refractivity contribution < 1.29 is 5.11 Å². The normalized spacial score (nSPS) is 15.5. The van der Waals surface area contributed by atoms with Crippen molar-refractivity contribution in [1.82, 2.24) is 15.1 Å². The van der Waals surface area contributed by atoms with Crippen LogP contribution in [-0.4, -0.2) is 27.5 Å². The highest BCUT2D eigenvalue weighted by atomic mass is 16.3. The highest BCUT2D eigenvalue weighted by molar-refractivity contribution is 5.23. The number of aryl methyl sites for hydroxylation is 1. The molecule has 0 amide bonds. The van der Waals surface area contributed by atoms with Gasteiger partial charge in [-0.2, -0.15) is 5.10 Å². The van der Waals surface area contributed by atoms with Gasteiger partial charge in [0.15, 0.2) is 0 Å². The Morgan fingerprint density at radius 3 is 2.53 bits per heavy atom. The summed E-state index contributed by atoms with van der Waals surface area (Å²) < 4.78 is 1.89. The molecular formula is C15H29N3O. The fourth-order valence-corrected chi connectivity index (χ4v) is 2.42. The lowest BCUT2D eigenvalue weighted by atomic mass is 9.89. The summed E-state index contributed by atoms with van der Waals surface area (Å²) in [5.74, 6) is 0.481. The topological polar surface area (TPSA) is 50.1 Å². The van der Waals surface area contributed by atoms with Gasteiger partial charge in [0.1, 0.15) is 0 Å². The van der Waals surface area contributed by atoms with Crippen LogP contribution in [-0.2, 0) is 19.0 Å². The molecular weight excluding hydrogens is 238 g/mol. The molecule has 1 rings (SSSR count). The molecule has 0 saturated heterocycles. The first kappa shape index (κ1) is 16.2. The van der Waals surface area contributed by atoms with E-state index in [1.54, 1.807) is 0 Å². The van der Waals surface area contributed by atoms with Crippen molar-refractivity contribution in [2.45, 2.75) is 59.1 Å². The lowest BCUT2D eigenvalue weighted by molar-refractivity contribution is 0.163. The van der Waals surface area contributed by atoms with Crippen LogP contribution in [0.5, 0.6) is 0 Å². The van der Waals surface area contributed by atoms with Crippen molar-refractivity contribution in [1.29, 1.82) is 0 Å². The Morgan fingerprint density at radius 1 is 1.37 bits per heavy atom. The largest absolute Gasteiger partial charge is 0.393 e. The van der Waals surface area contributed by atoms with Gasteiger partial charge in [0, 0.05) is 30.8 Å². The van der Waals surface area contributed by atoms with E-state index in [0.29, 0.717) is 5.92 Å². The highest BCUT2D eigenvalue weighted by Crippen LogP contribution is 2.24. The standard InChI is InChI=1S/C15H29N3O/c1-11(7-12(2)19)8-16-9-13-10-18(6)17-14(13)15(3,4)5/h10-12,16,19H,7-9H2,1-6H3. The zero-order valence-corrected chi connectivity index (χ0v) is 13.2. The molecule has 0 aromatic carbocycles. The summed E-state index contributed by atoms with van der Waals surface area (Å²) in [6.07, 6.45) is 2.71. The van der Waals surface area contributed by atoms with E-state index < -0.39 is 0 Å². The third-order valence-electron chi connectivity index (χ3n) is 3.17. The van der Waals surface area contributed by atoms with Crippen LogP contribution in [0.2, 0.25) is 0 Å². The minimum atomic E-state index is -0.222. The van der Waals surface area contributed by atoms with Crippen molar-refractivity contribution in [2.24, 2.45) is 13.0 Å². The minimum Gasteiger partial charge on any atom is -0.393 e. The molecule has 0 fully saturated rings. The van der Waals surface area contributed by atoms with Gasteiger partial charge in [0.25, 0.3) is 0 Å². The SMILES string of the molecule is CC(O)CC(C)CNCc1cn(C)nc1C(C)(C)C. The Labute approximate surface area is 117 Å². The number of aromatic nitrogens is 2. The second-order valence-corrected chi connectivity index (χ2v) is 6.75. The lowest BCUT2D eigenvalue weighted by Crippen LogP contribution is -2.24. The van der Waals surface area contributed by atoms with E-state index in [1.165, 1.54) is 5.56 Å². The first-order valence-electron chi connectivity index (χ1n) is 7.12.